The highest BCUT2D eigenvalue weighted by atomic mass is 16.1. The molecule has 1 amide bonds. The third kappa shape index (κ3) is 4.65. The number of para-hydroxylation sites is 1. The standard InChI is InChI=1S/C26H29N3O/c1-20(2)21-8-10-22(11-9-21)26(30)27-23-12-14-25(15-13-23)29-18-16-28(17-19-29)24-6-4-3-5-7-24/h3-15,20H,16-19H2,1-2H3,(H,27,30). The van der Waals surface area contributed by atoms with E-state index >= 15 is 0 Å². The summed E-state index contributed by atoms with van der Waals surface area (Å²) >= 11 is 0. The molecule has 0 unspecified atom stereocenters. The molecule has 4 heteroatoms. The van der Waals surface area contributed by atoms with Crippen molar-refractivity contribution in [2.45, 2.75) is 19.8 Å². The zero-order valence-corrected chi connectivity index (χ0v) is 17.7. The van der Waals surface area contributed by atoms with E-state index in [0.29, 0.717) is 11.5 Å². The van der Waals surface area contributed by atoms with E-state index in [9.17, 15) is 4.79 Å². The number of piperazine rings is 1. The zero-order chi connectivity index (χ0) is 20.9. The molecule has 1 N–H and O–H groups in total. The number of nitrogens with zero attached hydrogens (tertiary/aromatic N) is 2. The summed E-state index contributed by atoms with van der Waals surface area (Å²) in [5.74, 6) is 0.388. The Morgan fingerprint density at radius 3 is 1.80 bits per heavy atom. The van der Waals surface area contributed by atoms with Crippen molar-refractivity contribution >= 4 is 23.0 Å². The Morgan fingerprint density at radius 1 is 0.733 bits per heavy atom. The van der Waals surface area contributed by atoms with Crippen LogP contribution >= 0.6 is 0 Å². The van der Waals surface area contributed by atoms with Crippen molar-refractivity contribution in [1.82, 2.24) is 0 Å². The topological polar surface area (TPSA) is 35.6 Å². The van der Waals surface area contributed by atoms with E-state index in [-0.39, 0.29) is 5.91 Å². The molecule has 0 aliphatic carbocycles. The highest BCUT2D eigenvalue weighted by Gasteiger charge is 2.17. The minimum Gasteiger partial charge on any atom is -0.368 e. The second kappa shape index (κ2) is 9.04. The van der Waals surface area contributed by atoms with Gasteiger partial charge in [-0.3, -0.25) is 4.79 Å². The van der Waals surface area contributed by atoms with Crippen LogP contribution in [-0.4, -0.2) is 32.1 Å². The van der Waals surface area contributed by atoms with Crippen LogP contribution in [0.15, 0.2) is 78.9 Å². The third-order valence-electron chi connectivity index (χ3n) is 5.73. The summed E-state index contributed by atoms with van der Waals surface area (Å²) in [6, 6.07) is 26.6. The Kier molecular flexibility index (Phi) is 6.03. The van der Waals surface area contributed by atoms with Gasteiger partial charge in [0.25, 0.3) is 5.91 Å². The fourth-order valence-electron chi connectivity index (χ4n) is 3.84. The predicted molar refractivity (Wildman–Crippen MR) is 126 cm³/mol. The van der Waals surface area contributed by atoms with Crippen LogP contribution in [0.1, 0.15) is 35.7 Å². The number of hydrogen-bond acceptors (Lipinski definition) is 3. The first-order chi connectivity index (χ1) is 14.6. The lowest BCUT2D eigenvalue weighted by Crippen LogP contribution is -2.46. The maximum Gasteiger partial charge on any atom is 0.255 e. The number of benzene rings is 3. The van der Waals surface area contributed by atoms with Gasteiger partial charge in [0.1, 0.15) is 0 Å². The summed E-state index contributed by atoms with van der Waals surface area (Å²) in [4.78, 5) is 17.4. The zero-order valence-electron chi connectivity index (χ0n) is 17.7. The van der Waals surface area contributed by atoms with Crippen LogP contribution in [0.5, 0.6) is 0 Å². The van der Waals surface area contributed by atoms with Crippen molar-refractivity contribution in [3.05, 3.63) is 90.0 Å². The van der Waals surface area contributed by atoms with Gasteiger partial charge in [-0.25, -0.2) is 0 Å². The van der Waals surface area contributed by atoms with Gasteiger partial charge in [-0.2, -0.15) is 0 Å². The predicted octanol–water partition coefficient (Wildman–Crippen LogP) is 5.39. The minimum atomic E-state index is -0.0745. The maximum absolute atomic E-state index is 12.5. The largest absolute Gasteiger partial charge is 0.368 e. The molecule has 154 valence electrons. The van der Waals surface area contributed by atoms with Crippen LogP contribution in [0.25, 0.3) is 0 Å². The van der Waals surface area contributed by atoms with E-state index in [0.717, 1.165) is 31.9 Å². The highest BCUT2D eigenvalue weighted by molar-refractivity contribution is 6.04. The molecule has 1 saturated heterocycles. The number of carbonyl (C=O) groups excluding carboxylic acids is 1. The molecule has 0 atom stereocenters. The van der Waals surface area contributed by atoms with Gasteiger partial charge in [0, 0.05) is 48.8 Å². The second-order valence-electron chi connectivity index (χ2n) is 8.09. The van der Waals surface area contributed by atoms with Gasteiger partial charge in [-0.05, 0) is 60.0 Å². The molecule has 0 saturated carbocycles. The normalized spacial score (nSPS) is 14.1. The van der Waals surface area contributed by atoms with E-state index in [4.69, 9.17) is 0 Å². The van der Waals surface area contributed by atoms with Crippen LogP contribution < -0.4 is 15.1 Å². The average molecular weight is 400 g/mol. The number of nitrogens with one attached hydrogen (secondary N) is 1. The van der Waals surface area contributed by atoms with Crippen LogP contribution in [0.3, 0.4) is 0 Å². The Morgan fingerprint density at radius 2 is 1.27 bits per heavy atom. The van der Waals surface area contributed by atoms with Gasteiger partial charge in [0.2, 0.25) is 0 Å². The fourth-order valence-corrected chi connectivity index (χ4v) is 3.84. The molecule has 4 nitrogen and oxygen atoms in total. The van der Waals surface area contributed by atoms with Crippen molar-refractivity contribution in [2.24, 2.45) is 0 Å². The molecule has 0 spiro atoms. The molecule has 30 heavy (non-hydrogen) atoms. The van der Waals surface area contributed by atoms with Crippen molar-refractivity contribution in [1.29, 1.82) is 0 Å². The number of anilines is 3. The van der Waals surface area contributed by atoms with E-state index in [1.807, 2.05) is 36.4 Å². The SMILES string of the molecule is CC(C)c1ccc(C(=O)Nc2ccc(N3CCN(c4ccccc4)CC3)cc2)cc1. The number of carbonyl (C=O) groups is 1. The van der Waals surface area contributed by atoms with Crippen LogP contribution in [0, 0.1) is 0 Å². The third-order valence-corrected chi connectivity index (χ3v) is 5.73. The fraction of sp³-hybridized carbons (Fsp3) is 0.269. The van der Waals surface area contributed by atoms with Crippen molar-refractivity contribution in [3.63, 3.8) is 0 Å². The van der Waals surface area contributed by atoms with E-state index in [1.54, 1.807) is 0 Å². The molecule has 0 aromatic heterocycles. The van der Waals surface area contributed by atoms with E-state index in [2.05, 4.69) is 71.4 Å². The number of rotatable bonds is 5. The second-order valence-corrected chi connectivity index (χ2v) is 8.09. The number of amides is 1. The van der Waals surface area contributed by atoms with Crippen molar-refractivity contribution in [2.75, 3.05) is 41.3 Å². The first kappa shape index (κ1) is 20.0. The molecule has 1 fully saturated rings. The Hall–Kier alpha value is -3.27. The summed E-state index contributed by atoms with van der Waals surface area (Å²) in [7, 11) is 0. The highest BCUT2D eigenvalue weighted by Crippen LogP contribution is 2.22. The monoisotopic (exact) mass is 399 g/mol. The summed E-state index contributed by atoms with van der Waals surface area (Å²) in [6.07, 6.45) is 0. The lowest BCUT2D eigenvalue weighted by atomic mass is 10.0. The number of hydrogen-bond donors (Lipinski definition) is 1. The van der Waals surface area contributed by atoms with Crippen molar-refractivity contribution in [3.8, 4) is 0 Å². The van der Waals surface area contributed by atoms with E-state index in [1.165, 1.54) is 16.9 Å². The molecule has 3 aromatic carbocycles. The molecule has 3 aromatic rings. The van der Waals surface area contributed by atoms with Crippen LogP contribution in [0.4, 0.5) is 17.1 Å². The van der Waals surface area contributed by atoms with Gasteiger partial charge in [-0.1, -0.05) is 44.2 Å². The molecule has 4 rings (SSSR count). The first-order valence-corrected chi connectivity index (χ1v) is 10.7. The van der Waals surface area contributed by atoms with Gasteiger partial charge in [0.15, 0.2) is 0 Å². The summed E-state index contributed by atoms with van der Waals surface area (Å²) < 4.78 is 0. The Bertz CT molecular complexity index is 957. The van der Waals surface area contributed by atoms with Crippen LogP contribution in [0.2, 0.25) is 0 Å². The lowest BCUT2D eigenvalue weighted by molar-refractivity contribution is 0.102. The smallest absolute Gasteiger partial charge is 0.255 e. The quantitative estimate of drug-likeness (QED) is 0.625. The molecule has 1 heterocycles. The molecule has 0 bridgehead atoms. The van der Waals surface area contributed by atoms with Gasteiger partial charge >= 0.3 is 0 Å². The average Bonchev–Trinajstić information content (AvgIpc) is 2.80. The van der Waals surface area contributed by atoms with Gasteiger partial charge in [0.05, 0.1) is 0 Å². The minimum absolute atomic E-state index is 0.0745. The summed E-state index contributed by atoms with van der Waals surface area (Å²) in [6.45, 7) is 8.30. The maximum atomic E-state index is 12.5. The lowest BCUT2D eigenvalue weighted by Gasteiger charge is -2.37. The van der Waals surface area contributed by atoms with Gasteiger partial charge in [-0.15, -0.1) is 0 Å². The van der Waals surface area contributed by atoms with Gasteiger partial charge < -0.3 is 15.1 Å². The molecule has 1 aliphatic heterocycles. The molecular weight excluding hydrogens is 370 g/mol. The molecular formula is C26H29N3O. The molecule has 0 radical (unpaired) electrons. The van der Waals surface area contributed by atoms with Crippen LogP contribution in [-0.2, 0) is 0 Å². The summed E-state index contributed by atoms with van der Waals surface area (Å²) in [5.41, 5.74) is 5.22. The van der Waals surface area contributed by atoms with E-state index < -0.39 is 0 Å². The van der Waals surface area contributed by atoms with Crippen molar-refractivity contribution < 1.29 is 4.79 Å². The Balaban J connectivity index is 1.33. The molecule has 1 aliphatic rings. The summed E-state index contributed by atoms with van der Waals surface area (Å²) in [5, 5.41) is 3.00. The Labute approximate surface area is 179 Å². The first-order valence-electron chi connectivity index (χ1n) is 10.7.